The van der Waals surface area contributed by atoms with Gasteiger partial charge in [0.05, 0.1) is 0 Å². The Bertz CT molecular complexity index is 58.7. The molecule has 0 aromatic rings. The van der Waals surface area contributed by atoms with Crippen LogP contribution in [0.4, 0.5) is 0 Å². The van der Waals surface area contributed by atoms with Gasteiger partial charge in [0.25, 0.3) is 0 Å². The van der Waals surface area contributed by atoms with Gasteiger partial charge >= 0.3 is 0 Å². The van der Waals surface area contributed by atoms with Crippen LogP contribution in [-0.4, -0.2) is 22.8 Å². The molecule has 0 amide bonds. The highest BCUT2D eigenvalue weighted by atomic mass is 31.1. The average Bonchev–Trinajstić information content (AvgIpc) is 1.91. The highest BCUT2D eigenvalue weighted by Crippen LogP contribution is 2.27. The van der Waals surface area contributed by atoms with E-state index in [-0.39, 0.29) is 9.03 Å². The lowest BCUT2D eigenvalue weighted by atomic mass is 10.6. The number of rotatable bonds is 0. The van der Waals surface area contributed by atoms with E-state index < -0.39 is 12.6 Å². The Balaban J connectivity index is 2.33. The predicted octanol–water partition coefficient (Wildman–Crippen LogP) is -0.822. The summed E-state index contributed by atoms with van der Waals surface area (Å²) in [5.74, 6) is 0. The van der Waals surface area contributed by atoms with E-state index in [1.807, 2.05) is 0 Å². The van der Waals surface area contributed by atoms with Crippen LogP contribution in [0.1, 0.15) is 0 Å². The molecule has 0 radical (unpaired) electrons. The smallest absolute Gasteiger partial charge is 0.212 e. The predicted molar refractivity (Wildman–Crippen MR) is 22.5 cm³/mol. The number of aliphatic hydroxyl groups is 2. The van der Waals surface area contributed by atoms with Gasteiger partial charge in [-0.2, -0.15) is 0 Å². The molecule has 2 N–H and O–H groups in total. The maximum absolute atomic E-state index is 8.41. The molecule has 0 bridgehead atoms. The zero-order valence-corrected chi connectivity index (χ0v) is 4.37. The average molecular weight is 124 g/mol. The quantitative estimate of drug-likeness (QED) is 0.414. The van der Waals surface area contributed by atoms with Crippen LogP contribution < -0.4 is 0 Å². The molecule has 0 aliphatic carbocycles. The normalized spacial score (nSPS) is 45.4. The summed E-state index contributed by atoms with van der Waals surface area (Å²) < 4.78 is 8.75. The molecule has 1 fully saturated rings. The maximum Gasteiger partial charge on any atom is 0.212 e. The van der Waals surface area contributed by atoms with Crippen LogP contribution >= 0.6 is 9.03 Å². The first-order chi connectivity index (χ1) is 3.30. The van der Waals surface area contributed by atoms with E-state index in [4.69, 9.17) is 10.2 Å². The summed E-state index contributed by atoms with van der Waals surface area (Å²) >= 11 is 0. The highest BCUT2D eigenvalue weighted by Gasteiger charge is 2.24. The van der Waals surface area contributed by atoms with Crippen molar-refractivity contribution in [1.29, 1.82) is 0 Å². The van der Waals surface area contributed by atoms with Crippen molar-refractivity contribution in [2.45, 2.75) is 12.6 Å². The van der Waals surface area contributed by atoms with Crippen LogP contribution in [0, 0.1) is 0 Å². The summed E-state index contributed by atoms with van der Waals surface area (Å²) in [6.45, 7) is 0. The molecule has 42 valence electrons. The largest absolute Gasteiger partial charge is 0.364 e. The SMILES string of the molecule is OC1OPOC1O. The topological polar surface area (TPSA) is 58.9 Å². The van der Waals surface area contributed by atoms with Gasteiger partial charge in [-0.1, -0.05) is 0 Å². The van der Waals surface area contributed by atoms with Gasteiger partial charge in [0, 0.05) is 0 Å². The number of hydrogen-bond acceptors (Lipinski definition) is 4. The third-order valence-corrected chi connectivity index (χ3v) is 1.26. The molecule has 0 aromatic heterocycles. The van der Waals surface area contributed by atoms with Gasteiger partial charge in [-0.05, 0) is 0 Å². The van der Waals surface area contributed by atoms with Crippen molar-refractivity contribution in [2.24, 2.45) is 0 Å². The molecule has 1 rings (SSSR count). The van der Waals surface area contributed by atoms with E-state index in [0.717, 1.165) is 0 Å². The first kappa shape index (κ1) is 5.41. The summed E-state index contributed by atoms with van der Waals surface area (Å²) in [4.78, 5) is 0. The van der Waals surface area contributed by atoms with Crippen LogP contribution in [0.5, 0.6) is 0 Å². The van der Waals surface area contributed by atoms with Gasteiger partial charge in [0.15, 0.2) is 9.03 Å². The molecule has 0 aromatic carbocycles. The van der Waals surface area contributed by atoms with Crippen molar-refractivity contribution in [3.63, 3.8) is 0 Å². The van der Waals surface area contributed by atoms with Crippen molar-refractivity contribution >= 4 is 9.03 Å². The molecule has 1 saturated heterocycles. The minimum absolute atomic E-state index is 0.231. The minimum Gasteiger partial charge on any atom is -0.364 e. The van der Waals surface area contributed by atoms with Gasteiger partial charge < -0.3 is 19.3 Å². The molecule has 1 heterocycles. The van der Waals surface area contributed by atoms with Crippen molar-refractivity contribution < 1.29 is 19.3 Å². The fourth-order valence-corrected chi connectivity index (χ4v) is 0.728. The first-order valence-electron chi connectivity index (χ1n) is 1.73. The summed E-state index contributed by atoms with van der Waals surface area (Å²) in [7, 11) is -0.231. The molecule has 2 atom stereocenters. The maximum atomic E-state index is 8.41. The van der Waals surface area contributed by atoms with E-state index >= 15 is 0 Å². The Morgan fingerprint density at radius 2 is 1.57 bits per heavy atom. The zero-order chi connectivity index (χ0) is 5.28. The number of hydrogen-bond donors (Lipinski definition) is 2. The van der Waals surface area contributed by atoms with Crippen LogP contribution in [-0.2, 0) is 9.05 Å². The van der Waals surface area contributed by atoms with Crippen molar-refractivity contribution in [3.05, 3.63) is 0 Å². The van der Waals surface area contributed by atoms with Crippen LogP contribution in [0.15, 0.2) is 0 Å². The monoisotopic (exact) mass is 124 g/mol. The molecule has 2 unspecified atom stereocenters. The van der Waals surface area contributed by atoms with Gasteiger partial charge in [0.1, 0.15) is 0 Å². The highest BCUT2D eigenvalue weighted by molar-refractivity contribution is 7.26. The second kappa shape index (κ2) is 2.03. The van der Waals surface area contributed by atoms with Crippen molar-refractivity contribution in [3.8, 4) is 0 Å². The van der Waals surface area contributed by atoms with E-state index in [1.165, 1.54) is 0 Å². The molecular formula is C2H5O4P. The third-order valence-electron chi connectivity index (χ3n) is 0.582. The van der Waals surface area contributed by atoms with Gasteiger partial charge in [0.2, 0.25) is 12.6 Å². The summed E-state index contributed by atoms with van der Waals surface area (Å²) in [6.07, 6.45) is -2.28. The Morgan fingerprint density at radius 1 is 1.14 bits per heavy atom. The molecule has 0 spiro atoms. The fraction of sp³-hybridized carbons (Fsp3) is 1.00. The van der Waals surface area contributed by atoms with Crippen LogP contribution in [0.3, 0.4) is 0 Å². The fourth-order valence-electron chi connectivity index (χ4n) is 0.243. The molecular weight excluding hydrogens is 119 g/mol. The lowest BCUT2D eigenvalue weighted by molar-refractivity contribution is -0.133. The van der Waals surface area contributed by atoms with Crippen molar-refractivity contribution in [2.75, 3.05) is 0 Å². The van der Waals surface area contributed by atoms with Gasteiger partial charge in [-0.15, -0.1) is 0 Å². The van der Waals surface area contributed by atoms with E-state index in [9.17, 15) is 0 Å². The standard InChI is InChI=1S/C2H5O4P/c3-1-2(4)6-7-5-1/h1-4,7H. The molecule has 4 nitrogen and oxygen atoms in total. The minimum atomic E-state index is -1.14. The van der Waals surface area contributed by atoms with Crippen LogP contribution in [0.25, 0.3) is 0 Å². The van der Waals surface area contributed by atoms with Crippen molar-refractivity contribution in [1.82, 2.24) is 0 Å². The second-order valence-corrected chi connectivity index (χ2v) is 1.74. The summed E-state index contributed by atoms with van der Waals surface area (Å²) in [5, 5.41) is 16.8. The molecule has 1 aliphatic heterocycles. The van der Waals surface area contributed by atoms with E-state index in [1.54, 1.807) is 0 Å². The molecule has 0 saturated carbocycles. The Morgan fingerprint density at radius 3 is 1.71 bits per heavy atom. The Hall–Kier alpha value is 0.270. The third kappa shape index (κ3) is 1.08. The van der Waals surface area contributed by atoms with E-state index in [0.29, 0.717) is 0 Å². The van der Waals surface area contributed by atoms with Crippen LogP contribution in [0.2, 0.25) is 0 Å². The Kier molecular flexibility index (Phi) is 1.57. The van der Waals surface area contributed by atoms with Gasteiger partial charge in [-0.3, -0.25) is 0 Å². The van der Waals surface area contributed by atoms with E-state index in [2.05, 4.69) is 9.05 Å². The molecule has 5 heteroatoms. The molecule has 7 heavy (non-hydrogen) atoms. The lowest BCUT2D eigenvalue weighted by Gasteiger charge is -1.99. The second-order valence-electron chi connectivity index (χ2n) is 1.10. The summed E-state index contributed by atoms with van der Waals surface area (Å²) in [6, 6.07) is 0. The number of aliphatic hydroxyl groups excluding tert-OH is 2. The lowest BCUT2D eigenvalue weighted by Crippen LogP contribution is -2.20. The molecule has 1 aliphatic rings. The zero-order valence-electron chi connectivity index (χ0n) is 3.37. The van der Waals surface area contributed by atoms with Gasteiger partial charge in [-0.25, -0.2) is 0 Å². The Labute approximate surface area is 42.0 Å². The first-order valence-corrected chi connectivity index (χ1v) is 2.55. The summed E-state index contributed by atoms with van der Waals surface area (Å²) in [5.41, 5.74) is 0.